The Labute approximate surface area is 203 Å². The largest absolute Gasteiger partial charge is 0.161 e. The van der Waals surface area contributed by atoms with Crippen molar-refractivity contribution in [2.45, 2.75) is 0 Å². The van der Waals surface area contributed by atoms with Crippen LogP contribution in [0.1, 0.15) is 0 Å². The van der Waals surface area contributed by atoms with Crippen LogP contribution in [-0.4, -0.2) is 70.7 Å². The third kappa shape index (κ3) is 10.1. The molecule has 0 nitrogen and oxygen atoms in total. The highest BCUT2D eigenvalue weighted by Crippen LogP contribution is 2.37. The van der Waals surface area contributed by atoms with Crippen LogP contribution >= 0.6 is 62.9 Å². The first-order chi connectivity index (χ1) is 14.9. The highest BCUT2D eigenvalue weighted by molar-refractivity contribution is 8.04. The normalized spacial score (nSPS) is 23.9. The summed E-state index contributed by atoms with van der Waals surface area (Å²) in [5, 5.41) is 3.22. The van der Waals surface area contributed by atoms with Crippen molar-refractivity contribution in [3.05, 3.63) is 60.7 Å². The maximum Gasteiger partial charge on any atom is 0.00237 e. The van der Waals surface area contributed by atoms with E-state index in [1.54, 1.807) is 10.6 Å². The summed E-state index contributed by atoms with van der Waals surface area (Å²) in [5.41, 5.74) is 0. The Kier molecular flexibility index (Phi) is 13.8. The number of benzene rings is 2. The molecule has 2 aromatic carbocycles. The first-order valence-electron chi connectivity index (χ1n) is 10.8. The third-order valence-corrected chi connectivity index (χ3v) is 15.8. The molecule has 1 aliphatic rings. The summed E-state index contributed by atoms with van der Waals surface area (Å²) in [6.07, 6.45) is 5.57. The lowest BCUT2D eigenvalue weighted by Gasteiger charge is -2.19. The van der Waals surface area contributed by atoms with Crippen LogP contribution in [0, 0.1) is 0 Å². The molecule has 0 bridgehead atoms. The van der Waals surface area contributed by atoms with Gasteiger partial charge in [-0.05, 0) is 58.3 Å². The number of hydrogen-bond donors (Lipinski definition) is 0. The molecule has 0 N–H and O–H groups in total. The zero-order valence-corrected chi connectivity index (χ0v) is 22.8. The van der Waals surface area contributed by atoms with Gasteiger partial charge in [-0.1, -0.05) is 76.5 Å². The van der Waals surface area contributed by atoms with Crippen LogP contribution in [0.15, 0.2) is 60.7 Å². The number of hydrogen-bond acceptors (Lipinski definition) is 4. The summed E-state index contributed by atoms with van der Waals surface area (Å²) < 4.78 is 0. The monoisotopic (exact) mass is 512 g/mol. The molecule has 1 fully saturated rings. The summed E-state index contributed by atoms with van der Waals surface area (Å²) in [6.45, 7) is 0. The van der Waals surface area contributed by atoms with E-state index in [0.717, 1.165) is 0 Å². The second kappa shape index (κ2) is 16.3. The Balaban J connectivity index is 1.48. The molecule has 30 heavy (non-hydrogen) atoms. The van der Waals surface area contributed by atoms with E-state index in [2.05, 4.69) is 108 Å². The second-order valence-electron chi connectivity index (χ2n) is 7.09. The Morgan fingerprint density at radius 1 is 0.400 bits per heavy atom. The van der Waals surface area contributed by atoms with Crippen molar-refractivity contribution in [2.24, 2.45) is 0 Å². The van der Waals surface area contributed by atoms with Crippen LogP contribution in [0.4, 0.5) is 0 Å². The maximum atomic E-state index is 2.36. The zero-order valence-electron chi connectivity index (χ0n) is 17.8. The molecule has 0 aromatic heterocycles. The highest BCUT2D eigenvalue weighted by Gasteiger charge is 2.12. The van der Waals surface area contributed by atoms with E-state index in [-0.39, 0.29) is 15.8 Å². The third-order valence-electron chi connectivity index (χ3n) is 5.01. The summed E-state index contributed by atoms with van der Waals surface area (Å²) in [6, 6.07) is 22.7. The quantitative estimate of drug-likeness (QED) is 0.419. The minimum absolute atomic E-state index is 0.0189. The second-order valence-corrected chi connectivity index (χ2v) is 17.0. The summed E-state index contributed by atoms with van der Waals surface area (Å²) in [5.74, 6) is 10.6. The Morgan fingerprint density at radius 2 is 0.700 bits per heavy atom. The summed E-state index contributed by atoms with van der Waals surface area (Å²) >= 11 is 8.73. The molecule has 0 spiro atoms. The highest BCUT2D eigenvalue weighted by atomic mass is 32.2. The molecule has 164 valence electrons. The van der Waals surface area contributed by atoms with Gasteiger partial charge in [0.05, 0.1) is 0 Å². The molecule has 2 aromatic rings. The van der Waals surface area contributed by atoms with Crippen molar-refractivity contribution in [3.8, 4) is 0 Å². The Hall–Kier alpha value is 0.700. The van der Waals surface area contributed by atoms with Crippen LogP contribution in [0.5, 0.6) is 0 Å². The fourth-order valence-electron chi connectivity index (χ4n) is 3.36. The first-order valence-corrected chi connectivity index (χ1v) is 18.9. The molecule has 6 heteroatoms. The topological polar surface area (TPSA) is 0 Å². The smallest absolute Gasteiger partial charge is 0.00237 e. The van der Waals surface area contributed by atoms with Crippen molar-refractivity contribution in [1.82, 2.24) is 0 Å². The molecule has 1 heterocycles. The van der Waals surface area contributed by atoms with E-state index in [0.29, 0.717) is 0 Å². The van der Waals surface area contributed by atoms with Gasteiger partial charge in [0, 0.05) is 23.0 Å². The van der Waals surface area contributed by atoms with Gasteiger partial charge in [0.15, 0.2) is 0 Å². The van der Waals surface area contributed by atoms with Crippen molar-refractivity contribution >= 4 is 73.5 Å². The van der Waals surface area contributed by atoms with Crippen LogP contribution in [-0.2, 0) is 0 Å². The zero-order chi connectivity index (χ0) is 20.7. The SMILES string of the molecule is c1ccc(P2CCSCCSCCP(c3ccccc3)CCSCCSCC2)cc1. The average Bonchev–Trinajstić information content (AvgIpc) is 2.80. The fraction of sp³-hybridized carbons (Fsp3) is 0.500. The predicted molar refractivity (Wildman–Crippen MR) is 155 cm³/mol. The van der Waals surface area contributed by atoms with Crippen molar-refractivity contribution in [3.63, 3.8) is 0 Å². The molecule has 3 rings (SSSR count). The van der Waals surface area contributed by atoms with Crippen LogP contribution in [0.2, 0.25) is 0 Å². The van der Waals surface area contributed by atoms with E-state index in [1.165, 1.54) is 70.7 Å². The van der Waals surface area contributed by atoms with Gasteiger partial charge in [-0.2, -0.15) is 47.0 Å². The molecular weight excluding hydrogens is 478 g/mol. The molecule has 0 saturated carbocycles. The summed E-state index contributed by atoms with van der Waals surface area (Å²) in [7, 11) is 0.0377. The van der Waals surface area contributed by atoms with Gasteiger partial charge in [0.2, 0.25) is 0 Å². The standard InChI is InChI=1S/C24H34P2S4/c1-3-7-23(8-4-1)25-11-15-27-19-21-29-17-13-26(24-9-5-2-6-10-24)14-18-30-22-20-28-16-12-25/h1-10H,11-22H2. The van der Waals surface area contributed by atoms with Crippen molar-refractivity contribution in [2.75, 3.05) is 70.7 Å². The van der Waals surface area contributed by atoms with Gasteiger partial charge < -0.3 is 0 Å². The summed E-state index contributed by atoms with van der Waals surface area (Å²) in [4.78, 5) is 0. The maximum absolute atomic E-state index is 2.36. The van der Waals surface area contributed by atoms with Gasteiger partial charge in [-0.3, -0.25) is 0 Å². The molecule has 0 amide bonds. The van der Waals surface area contributed by atoms with Gasteiger partial charge in [-0.25, -0.2) is 0 Å². The lowest BCUT2D eigenvalue weighted by molar-refractivity contribution is 1.40. The Morgan fingerprint density at radius 3 is 1.00 bits per heavy atom. The van der Waals surface area contributed by atoms with E-state index in [4.69, 9.17) is 0 Å². The van der Waals surface area contributed by atoms with Gasteiger partial charge in [0.1, 0.15) is 0 Å². The van der Waals surface area contributed by atoms with Crippen LogP contribution < -0.4 is 10.6 Å². The average molecular weight is 513 g/mol. The van der Waals surface area contributed by atoms with Crippen molar-refractivity contribution in [1.29, 1.82) is 0 Å². The van der Waals surface area contributed by atoms with E-state index < -0.39 is 0 Å². The fourth-order valence-corrected chi connectivity index (χ4v) is 14.3. The molecule has 0 unspecified atom stereocenters. The number of rotatable bonds is 2. The van der Waals surface area contributed by atoms with E-state index in [9.17, 15) is 0 Å². The lowest BCUT2D eigenvalue weighted by Crippen LogP contribution is -2.10. The van der Waals surface area contributed by atoms with Gasteiger partial charge in [-0.15, -0.1) is 0 Å². The van der Waals surface area contributed by atoms with Gasteiger partial charge >= 0.3 is 0 Å². The van der Waals surface area contributed by atoms with E-state index in [1.807, 2.05) is 0 Å². The lowest BCUT2D eigenvalue weighted by atomic mass is 10.4. The number of thioether (sulfide) groups is 4. The van der Waals surface area contributed by atoms with Crippen LogP contribution in [0.25, 0.3) is 0 Å². The minimum atomic E-state index is 0.0189. The molecule has 0 radical (unpaired) electrons. The first kappa shape index (κ1) is 25.3. The van der Waals surface area contributed by atoms with E-state index >= 15 is 0 Å². The van der Waals surface area contributed by atoms with Crippen LogP contribution in [0.3, 0.4) is 0 Å². The Bertz CT molecular complexity index is 592. The molecular formula is C24H34P2S4. The van der Waals surface area contributed by atoms with Crippen molar-refractivity contribution < 1.29 is 0 Å². The molecule has 1 saturated heterocycles. The molecule has 1 aliphatic heterocycles. The van der Waals surface area contributed by atoms with Gasteiger partial charge in [0.25, 0.3) is 0 Å². The molecule has 0 atom stereocenters. The molecule has 0 aliphatic carbocycles. The predicted octanol–water partition coefficient (Wildman–Crippen LogP) is 6.55. The minimum Gasteiger partial charge on any atom is -0.161 e.